The summed E-state index contributed by atoms with van der Waals surface area (Å²) in [4.78, 5) is 33.5. The Kier molecular flexibility index (Phi) is 10.0. The zero-order chi connectivity index (χ0) is 26.0. The van der Waals surface area contributed by atoms with E-state index in [9.17, 15) is 9.59 Å². The molecular formula is C26H34N6O3. The van der Waals surface area contributed by atoms with Crippen molar-refractivity contribution >= 4 is 34.2 Å². The lowest BCUT2D eigenvalue weighted by molar-refractivity contribution is -0.111. The highest BCUT2D eigenvalue weighted by Crippen LogP contribution is 2.22. The Hall–Kier alpha value is -4.14. The van der Waals surface area contributed by atoms with Crippen LogP contribution in [0.1, 0.15) is 32.8 Å². The molecule has 0 bridgehead atoms. The van der Waals surface area contributed by atoms with Gasteiger partial charge in [-0.3, -0.25) is 14.6 Å². The fraction of sp³-hybridized carbons (Fsp3) is 0.308. The molecule has 9 nitrogen and oxygen atoms in total. The van der Waals surface area contributed by atoms with Crippen molar-refractivity contribution in [1.82, 2.24) is 14.1 Å². The molecule has 186 valence electrons. The van der Waals surface area contributed by atoms with Crippen LogP contribution in [-0.4, -0.2) is 40.1 Å². The maximum absolute atomic E-state index is 13.3. The number of pyridine rings is 1. The van der Waals surface area contributed by atoms with Gasteiger partial charge in [-0.2, -0.15) is 0 Å². The van der Waals surface area contributed by atoms with E-state index < -0.39 is 0 Å². The molecule has 35 heavy (non-hydrogen) atoms. The van der Waals surface area contributed by atoms with Crippen molar-refractivity contribution in [3.8, 4) is 0 Å². The molecule has 0 radical (unpaired) electrons. The van der Waals surface area contributed by atoms with Crippen LogP contribution in [0.2, 0.25) is 0 Å². The topological polar surface area (TPSA) is 103 Å². The number of aliphatic imine (C=N–C) groups is 1. The first-order valence-electron chi connectivity index (χ1n) is 11.5. The molecule has 0 atom stereocenters. The zero-order valence-electron chi connectivity index (χ0n) is 21.3. The van der Waals surface area contributed by atoms with Crippen molar-refractivity contribution in [1.29, 1.82) is 0 Å². The second-order valence-corrected chi connectivity index (χ2v) is 7.31. The smallest absolute Gasteiger partial charge is 0.277 e. The van der Waals surface area contributed by atoms with Gasteiger partial charge < -0.3 is 24.5 Å². The molecule has 2 heterocycles. The van der Waals surface area contributed by atoms with Crippen molar-refractivity contribution in [3.05, 3.63) is 77.1 Å². The Morgan fingerprint density at radius 1 is 1.29 bits per heavy atom. The van der Waals surface area contributed by atoms with Crippen LogP contribution in [0.3, 0.4) is 0 Å². The number of carbonyl (C=O) groups excluding carboxylic acids is 1. The molecule has 2 aromatic heterocycles. The Labute approximate surface area is 205 Å². The molecule has 1 aromatic carbocycles. The van der Waals surface area contributed by atoms with Crippen LogP contribution >= 0.6 is 0 Å². The van der Waals surface area contributed by atoms with Gasteiger partial charge >= 0.3 is 0 Å². The number of rotatable bonds is 8. The largest absolute Gasteiger partial charge is 0.480 e. The predicted octanol–water partition coefficient (Wildman–Crippen LogP) is 4.31. The number of methoxy groups -OCH3 is 1. The molecule has 0 aliphatic rings. The lowest BCUT2D eigenvalue weighted by Crippen LogP contribution is -2.23. The molecule has 0 aliphatic carbocycles. The van der Waals surface area contributed by atoms with Gasteiger partial charge in [0.15, 0.2) is 0 Å². The molecule has 9 heteroatoms. The second-order valence-electron chi connectivity index (χ2n) is 7.31. The molecule has 3 aromatic rings. The van der Waals surface area contributed by atoms with Crippen LogP contribution in [0.25, 0.3) is 11.0 Å². The van der Waals surface area contributed by atoms with E-state index in [1.807, 2.05) is 45.0 Å². The number of aromatic nitrogens is 3. The summed E-state index contributed by atoms with van der Waals surface area (Å²) >= 11 is 0. The van der Waals surface area contributed by atoms with Crippen molar-refractivity contribution in [3.63, 3.8) is 0 Å². The molecule has 1 amide bonds. The minimum Gasteiger partial charge on any atom is -0.480 e. The highest BCUT2D eigenvalue weighted by atomic mass is 16.5. The number of anilines is 2. The summed E-state index contributed by atoms with van der Waals surface area (Å²) in [5.74, 6) is 0.151. The Morgan fingerprint density at radius 3 is 2.66 bits per heavy atom. The molecule has 0 saturated heterocycles. The van der Waals surface area contributed by atoms with E-state index >= 15 is 0 Å². The first-order valence-corrected chi connectivity index (χ1v) is 11.5. The summed E-state index contributed by atoms with van der Waals surface area (Å²) < 4.78 is 8.70. The minimum absolute atomic E-state index is 0.173. The first-order chi connectivity index (χ1) is 16.9. The number of hydrogen-bond acceptors (Lipinski definition) is 6. The van der Waals surface area contributed by atoms with Crippen LogP contribution in [0.4, 0.5) is 11.4 Å². The van der Waals surface area contributed by atoms with Crippen LogP contribution in [0.5, 0.6) is 0 Å². The van der Waals surface area contributed by atoms with E-state index in [1.54, 1.807) is 48.9 Å². The van der Waals surface area contributed by atoms with Crippen molar-refractivity contribution in [2.24, 2.45) is 12.0 Å². The third-order valence-corrected chi connectivity index (χ3v) is 4.98. The van der Waals surface area contributed by atoms with Crippen LogP contribution < -0.4 is 16.2 Å². The fourth-order valence-corrected chi connectivity index (χ4v) is 3.50. The SMILES string of the molecule is C=CC(=O)Nc1cccc(Cn2cc(N/C(=C/CC)C(=NC)OC)c3ncn(C)c3c2=O)c1.CC. The highest BCUT2D eigenvalue weighted by Gasteiger charge is 2.16. The van der Waals surface area contributed by atoms with E-state index in [4.69, 9.17) is 4.74 Å². The number of benzene rings is 1. The summed E-state index contributed by atoms with van der Waals surface area (Å²) in [6.07, 6.45) is 7.28. The average molecular weight is 479 g/mol. The zero-order valence-corrected chi connectivity index (χ0v) is 21.3. The van der Waals surface area contributed by atoms with E-state index in [-0.39, 0.29) is 11.5 Å². The maximum atomic E-state index is 13.3. The Bertz CT molecular complexity index is 1300. The number of ether oxygens (including phenoxy) is 1. The molecule has 0 saturated carbocycles. The van der Waals surface area contributed by atoms with Crippen molar-refractivity contribution in [2.75, 3.05) is 24.8 Å². The number of nitrogens with one attached hydrogen (secondary N) is 2. The van der Waals surface area contributed by atoms with Gasteiger partial charge in [0.1, 0.15) is 11.0 Å². The third-order valence-electron chi connectivity index (χ3n) is 4.98. The molecule has 0 aliphatic heterocycles. The number of aryl methyl sites for hydroxylation is 1. The number of nitrogens with zero attached hydrogens (tertiary/aromatic N) is 4. The van der Waals surface area contributed by atoms with Gasteiger partial charge in [0.05, 0.1) is 31.4 Å². The lowest BCUT2D eigenvalue weighted by atomic mass is 10.2. The highest BCUT2D eigenvalue weighted by molar-refractivity contribution is 5.99. The number of amides is 1. The summed E-state index contributed by atoms with van der Waals surface area (Å²) in [5, 5.41) is 6.08. The van der Waals surface area contributed by atoms with E-state index in [0.29, 0.717) is 40.5 Å². The van der Waals surface area contributed by atoms with Crippen LogP contribution in [0, 0.1) is 0 Å². The average Bonchev–Trinajstić information content (AvgIpc) is 3.26. The van der Waals surface area contributed by atoms with Gasteiger partial charge in [-0.25, -0.2) is 4.98 Å². The van der Waals surface area contributed by atoms with E-state index in [0.717, 1.165) is 12.0 Å². The van der Waals surface area contributed by atoms with E-state index in [1.165, 1.54) is 6.08 Å². The number of imidazole rings is 1. The summed E-state index contributed by atoms with van der Waals surface area (Å²) in [5.41, 5.74) is 3.67. The fourth-order valence-electron chi connectivity index (χ4n) is 3.50. The molecule has 2 N–H and O–H groups in total. The summed E-state index contributed by atoms with van der Waals surface area (Å²) in [7, 11) is 5.00. The quantitative estimate of drug-likeness (QED) is 0.285. The molecular weight excluding hydrogens is 444 g/mol. The van der Waals surface area contributed by atoms with Crippen LogP contribution in [-0.2, 0) is 23.1 Å². The summed E-state index contributed by atoms with van der Waals surface area (Å²) in [6, 6.07) is 7.32. The number of fused-ring (bicyclic) bond motifs is 1. The third kappa shape index (κ3) is 6.47. The van der Waals surface area contributed by atoms with Crippen molar-refractivity contribution in [2.45, 2.75) is 33.7 Å². The molecule has 0 spiro atoms. The molecule has 0 unspecified atom stereocenters. The normalized spacial score (nSPS) is 11.5. The standard InChI is InChI=1S/C24H28N6O3.C2H6/c1-6-9-18(23(25-3)33-5)28-19-14-30(24(32)22-21(19)26-15-29(22)4)13-16-10-8-11-17(12-16)27-20(31)7-2;1-2/h7-12,14-15,28H,2,6,13H2,1,3-5H3,(H,27,31);1-2H3/b18-9+,25-23?;. The number of allylic oxidation sites excluding steroid dienone is 1. The van der Waals surface area contributed by atoms with Gasteiger partial charge in [0.2, 0.25) is 11.8 Å². The predicted molar refractivity (Wildman–Crippen MR) is 143 cm³/mol. The van der Waals surface area contributed by atoms with Gasteiger partial charge in [0.25, 0.3) is 5.56 Å². The van der Waals surface area contributed by atoms with Gasteiger partial charge in [-0.1, -0.05) is 45.6 Å². The first kappa shape index (κ1) is 27.1. The number of carbonyl (C=O) groups is 1. The lowest BCUT2D eigenvalue weighted by Gasteiger charge is -2.15. The van der Waals surface area contributed by atoms with Crippen LogP contribution in [0.15, 0.2) is 71.0 Å². The molecule has 0 fully saturated rings. The Morgan fingerprint density at radius 2 is 2.03 bits per heavy atom. The summed E-state index contributed by atoms with van der Waals surface area (Å²) in [6.45, 7) is 9.78. The van der Waals surface area contributed by atoms with Gasteiger partial charge in [-0.15, -0.1) is 0 Å². The van der Waals surface area contributed by atoms with E-state index in [2.05, 4.69) is 27.2 Å². The van der Waals surface area contributed by atoms with Gasteiger partial charge in [0, 0.05) is 26.0 Å². The minimum atomic E-state index is -0.297. The number of hydrogen-bond donors (Lipinski definition) is 2. The van der Waals surface area contributed by atoms with Gasteiger partial charge in [-0.05, 0) is 30.2 Å². The Balaban J connectivity index is 0.00000210. The van der Waals surface area contributed by atoms with Crippen molar-refractivity contribution < 1.29 is 9.53 Å². The maximum Gasteiger partial charge on any atom is 0.277 e. The molecule has 3 rings (SSSR count). The monoisotopic (exact) mass is 478 g/mol. The second kappa shape index (κ2) is 12.9.